The van der Waals surface area contributed by atoms with E-state index in [1.807, 2.05) is 47.4 Å². The summed E-state index contributed by atoms with van der Waals surface area (Å²) in [5, 5.41) is 8.27. The number of fused-ring (bicyclic) bond motifs is 1. The first-order valence-electron chi connectivity index (χ1n) is 14.7. The standard InChI is InChI=1S/C33H39ClN4O2/c34-25-17-18-27-28(20-22-36-29(27)23-25)35-21-10-4-9-15-31(39)37-32-30(19-16-24-11-5-3-6-12-24)38(33(32)40)26-13-7-1-2-8-14-26/h3,5-6,11-12,16-20,22-23,26,30,32H,1-2,4,7-10,13-15,21H2,(H,35,36)(H,37,39)/b19-16+/t30-,32+/m0/s1. The summed E-state index contributed by atoms with van der Waals surface area (Å²) in [7, 11) is 0. The van der Waals surface area contributed by atoms with Crippen LogP contribution in [0, 0.1) is 0 Å². The SMILES string of the molecule is O=C(CCCCCNc1ccnc2cc(Cl)ccc12)N[C@H]1C(=O)N(C2CCCCCC2)[C@H]1/C=C/c1ccccc1. The molecule has 1 saturated carbocycles. The van der Waals surface area contributed by atoms with Crippen molar-refractivity contribution >= 4 is 46.1 Å². The second-order valence-electron chi connectivity index (χ2n) is 11.0. The van der Waals surface area contributed by atoms with Crippen LogP contribution in [0.2, 0.25) is 5.02 Å². The Bertz CT molecular complexity index is 1320. The molecule has 2 aromatic carbocycles. The quantitative estimate of drug-likeness (QED) is 0.151. The zero-order chi connectivity index (χ0) is 27.7. The fraction of sp³-hybridized carbons (Fsp3) is 0.424. The maximum Gasteiger partial charge on any atom is 0.248 e. The van der Waals surface area contributed by atoms with Gasteiger partial charge in [-0.25, -0.2) is 0 Å². The van der Waals surface area contributed by atoms with Gasteiger partial charge < -0.3 is 15.5 Å². The Morgan fingerprint density at radius 1 is 1.00 bits per heavy atom. The number of β-lactam (4-membered cyclic amide) rings is 1. The van der Waals surface area contributed by atoms with Crippen molar-refractivity contribution in [1.29, 1.82) is 0 Å². The molecule has 3 aromatic rings. The van der Waals surface area contributed by atoms with Crippen LogP contribution in [0.5, 0.6) is 0 Å². The lowest BCUT2D eigenvalue weighted by molar-refractivity contribution is -0.155. The molecule has 6 nitrogen and oxygen atoms in total. The summed E-state index contributed by atoms with van der Waals surface area (Å²) < 4.78 is 0. The predicted octanol–water partition coefficient (Wildman–Crippen LogP) is 6.99. The number of aromatic nitrogens is 1. The summed E-state index contributed by atoms with van der Waals surface area (Å²) >= 11 is 6.09. The average molecular weight is 559 g/mol. The van der Waals surface area contributed by atoms with Crippen molar-refractivity contribution in [2.75, 3.05) is 11.9 Å². The van der Waals surface area contributed by atoms with Crippen LogP contribution in [0.25, 0.3) is 17.0 Å². The summed E-state index contributed by atoms with van der Waals surface area (Å²) in [6, 6.07) is 17.6. The molecule has 2 fully saturated rings. The zero-order valence-corrected chi connectivity index (χ0v) is 23.8. The predicted molar refractivity (Wildman–Crippen MR) is 163 cm³/mol. The number of amides is 2. The van der Waals surface area contributed by atoms with Crippen molar-refractivity contribution < 1.29 is 9.59 Å². The van der Waals surface area contributed by atoms with E-state index < -0.39 is 6.04 Å². The van der Waals surface area contributed by atoms with Gasteiger partial charge in [0, 0.05) is 41.3 Å². The molecule has 1 saturated heterocycles. The van der Waals surface area contributed by atoms with Crippen molar-refractivity contribution in [3.63, 3.8) is 0 Å². The van der Waals surface area contributed by atoms with E-state index in [9.17, 15) is 9.59 Å². The summed E-state index contributed by atoms with van der Waals surface area (Å²) in [5.74, 6) is 0.0277. The fourth-order valence-corrected chi connectivity index (χ4v) is 6.11. The molecule has 210 valence electrons. The Balaban J connectivity index is 1.10. The third-order valence-electron chi connectivity index (χ3n) is 8.10. The minimum Gasteiger partial charge on any atom is -0.384 e. The van der Waals surface area contributed by atoms with Gasteiger partial charge in [-0.1, -0.05) is 86.2 Å². The van der Waals surface area contributed by atoms with E-state index in [1.54, 1.807) is 6.20 Å². The van der Waals surface area contributed by atoms with E-state index >= 15 is 0 Å². The van der Waals surface area contributed by atoms with Crippen LogP contribution in [-0.2, 0) is 9.59 Å². The van der Waals surface area contributed by atoms with Gasteiger partial charge in [-0.15, -0.1) is 0 Å². The van der Waals surface area contributed by atoms with E-state index in [0.29, 0.717) is 11.4 Å². The zero-order valence-electron chi connectivity index (χ0n) is 23.0. The van der Waals surface area contributed by atoms with Gasteiger partial charge in [0.15, 0.2) is 0 Å². The van der Waals surface area contributed by atoms with E-state index in [-0.39, 0.29) is 23.9 Å². The number of halogens is 1. The summed E-state index contributed by atoms with van der Waals surface area (Å²) in [4.78, 5) is 32.5. The van der Waals surface area contributed by atoms with Crippen molar-refractivity contribution in [3.05, 3.63) is 77.5 Å². The number of likely N-dealkylation sites (tertiary alicyclic amines) is 1. The number of unbranched alkanes of at least 4 members (excludes halogenated alkanes) is 2. The van der Waals surface area contributed by atoms with Crippen LogP contribution >= 0.6 is 11.6 Å². The maximum absolute atomic E-state index is 13.2. The van der Waals surface area contributed by atoms with Gasteiger partial charge in [0.1, 0.15) is 6.04 Å². The third kappa shape index (κ3) is 7.03. The van der Waals surface area contributed by atoms with Crippen LogP contribution in [0.4, 0.5) is 5.69 Å². The molecule has 7 heteroatoms. The number of hydrogen-bond acceptors (Lipinski definition) is 4. The molecular formula is C33H39ClN4O2. The molecule has 0 bridgehead atoms. The Morgan fingerprint density at radius 3 is 2.60 bits per heavy atom. The molecule has 1 aromatic heterocycles. The molecule has 0 unspecified atom stereocenters. The number of nitrogens with one attached hydrogen (secondary N) is 2. The van der Waals surface area contributed by atoms with Gasteiger partial charge in [0.2, 0.25) is 11.8 Å². The number of hydrogen-bond donors (Lipinski definition) is 2. The molecule has 2 amide bonds. The van der Waals surface area contributed by atoms with E-state index in [0.717, 1.165) is 60.8 Å². The molecule has 2 atom stereocenters. The molecule has 0 radical (unpaired) electrons. The molecule has 5 rings (SSSR count). The number of carbonyl (C=O) groups excluding carboxylic acids is 2. The Labute approximate surface area is 242 Å². The van der Waals surface area contributed by atoms with Crippen LogP contribution in [0.3, 0.4) is 0 Å². The lowest BCUT2D eigenvalue weighted by atomic mass is 9.89. The highest BCUT2D eigenvalue weighted by molar-refractivity contribution is 6.31. The van der Waals surface area contributed by atoms with Crippen LogP contribution in [0.15, 0.2) is 66.9 Å². The normalized spacial score (nSPS) is 19.9. The Kier molecular flexibility index (Phi) is 9.72. The molecule has 1 aliphatic heterocycles. The molecule has 2 aliphatic rings. The number of rotatable bonds is 11. The number of pyridine rings is 1. The number of anilines is 1. The summed E-state index contributed by atoms with van der Waals surface area (Å²) in [5.41, 5.74) is 3.01. The molecule has 0 spiro atoms. The number of nitrogens with zero attached hydrogens (tertiary/aromatic N) is 2. The van der Waals surface area contributed by atoms with Crippen LogP contribution in [-0.4, -0.2) is 46.4 Å². The minimum atomic E-state index is -0.467. The number of carbonyl (C=O) groups is 2. The highest BCUT2D eigenvalue weighted by atomic mass is 35.5. The Hall–Kier alpha value is -3.38. The van der Waals surface area contributed by atoms with Gasteiger partial charge in [-0.2, -0.15) is 0 Å². The smallest absolute Gasteiger partial charge is 0.248 e. The largest absolute Gasteiger partial charge is 0.384 e. The van der Waals surface area contributed by atoms with Gasteiger partial charge in [0.05, 0.1) is 11.6 Å². The molecule has 2 heterocycles. The van der Waals surface area contributed by atoms with Crippen molar-refractivity contribution in [2.45, 2.75) is 82.3 Å². The molecular weight excluding hydrogens is 520 g/mol. The van der Waals surface area contributed by atoms with E-state index in [1.165, 1.54) is 25.7 Å². The number of benzene rings is 2. The third-order valence-corrected chi connectivity index (χ3v) is 8.34. The maximum atomic E-state index is 13.2. The summed E-state index contributed by atoms with van der Waals surface area (Å²) in [6.45, 7) is 0.813. The van der Waals surface area contributed by atoms with Crippen molar-refractivity contribution in [1.82, 2.24) is 15.2 Å². The van der Waals surface area contributed by atoms with Gasteiger partial charge in [-0.3, -0.25) is 14.6 Å². The van der Waals surface area contributed by atoms with E-state index in [4.69, 9.17) is 11.6 Å². The van der Waals surface area contributed by atoms with Gasteiger partial charge >= 0.3 is 0 Å². The van der Waals surface area contributed by atoms with E-state index in [2.05, 4.69) is 39.9 Å². The fourth-order valence-electron chi connectivity index (χ4n) is 5.95. The summed E-state index contributed by atoms with van der Waals surface area (Å²) in [6.07, 6.45) is 16.0. The van der Waals surface area contributed by atoms with Crippen molar-refractivity contribution in [2.24, 2.45) is 0 Å². The van der Waals surface area contributed by atoms with Crippen LogP contribution < -0.4 is 10.6 Å². The second kappa shape index (κ2) is 13.8. The minimum absolute atomic E-state index is 0.0399. The first-order chi connectivity index (χ1) is 19.6. The van der Waals surface area contributed by atoms with Crippen molar-refractivity contribution in [3.8, 4) is 0 Å². The lowest BCUT2D eigenvalue weighted by Crippen LogP contribution is -2.72. The first-order valence-corrected chi connectivity index (χ1v) is 15.1. The molecule has 2 N–H and O–H groups in total. The highest BCUT2D eigenvalue weighted by Crippen LogP contribution is 2.32. The second-order valence-corrected chi connectivity index (χ2v) is 11.4. The molecule has 40 heavy (non-hydrogen) atoms. The first kappa shape index (κ1) is 28.2. The lowest BCUT2D eigenvalue weighted by Gasteiger charge is -2.50. The Morgan fingerprint density at radius 2 is 1.80 bits per heavy atom. The average Bonchev–Trinajstić information content (AvgIpc) is 3.25. The van der Waals surface area contributed by atoms with Gasteiger partial charge in [0.25, 0.3) is 0 Å². The van der Waals surface area contributed by atoms with Gasteiger partial charge in [-0.05, 0) is 55.5 Å². The highest BCUT2D eigenvalue weighted by Gasteiger charge is 2.49. The van der Waals surface area contributed by atoms with Crippen LogP contribution in [0.1, 0.15) is 69.8 Å². The molecule has 1 aliphatic carbocycles. The topological polar surface area (TPSA) is 74.3 Å². The monoisotopic (exact) mass is 558 g/mol.